The molecule has 2 fully saturated rings. The van der Waals surface area contributed by atoms with E-state index in [-0.39, 0.29) is 79.1 Å². The fraction of sp³-hybridized carbons (Fsp3) is 0.633. The number of nitrogens with two attached hydrogens (primary N) is 1. The van der Waals surface area contributed by atoms with E-state index in [9.17, 15) is 37.5 Å². The fourth-order valence-electron chi connectivity index (χ4n) is 10.8. The molecular formula is C49H71N7O11S. The highest BCUT2D eigenvalue weighted by molar-refractivity contribution is 7.90. The summed E-state index contributed by atoms with van der Waals surface area (Å²) in [6, 6.07) is 2.62. The third-order valence-corrected chi connectivity index (χ3v) is 15.6. The van der Waals surface area contributed by atoms with Crippen LogP contribution in [-0.2, 0) is 52.2 Å². The first-order valence-corrected chi connectivity index (χ1v) is 25.2. The highest BCUT2D eigenvalue weighted by Gasteiger charge is 2.55. The third-order valence-electron chi connectivity index (χ3n) is 14.0. The molecule has 0 radical (unpaired) electrons. The average Bonchev–Trinajstić information content (AvgIpc) is 3.52. The molecule has 0 aromatic heterocycles. The number of aromatic hydroxyl groups is 1. The minimum atomic E-state index is -4.16. The molecule has 2 aliphatic carbocycles. The minimum Gasteiger partial charge on any atom is -0.504 e. The van der Waals surface area contributed by atoms with E-state index in [1.54, 1.807) is 47.6 Å². The van der Waals surface area contributed by atoms with Gasteiger partial charge in [0.2, 0.25) is 17.8 Å². The number of hydrogen-bond donors (Lipinski definition) is 5. The van der Waals surface area contributed by atoms with Crippen LogP contribution in [0.25, 0.3) is 0 Å². The number of carbonyl (C=O) groups excluding carboxylic acids is 5. The normalized spacial score (nSPS) is 21.5. The number of nitrogens with zero attached hydrogens (tertiary/aromatic N) is 3. The number of ketones is 1. The largest absolute Gasteiger partial charge is 0.504 e. The zero-order valence-electron chi connectivity index (χ0n) is 41.4. The molecule has 2 bridgehead atoms. The Kier molecular flexibility index (Phi) is 15.5. The third kappa shape index (κ3) is 11.4. The molecule has 6 rings (SSSR count). The van der Waals surface area contributed by atoms with Gasteiger partial charge < -0.3 is 45.5 Å². The maximum atomic E-state index is 13.7. The number of guanidine groups is 1. The van der Waals surface area contributed by atoms with E-state index in [2.05, 4.69) is 32.3 Å². The molecule has 18 nitrogen and oxygen atoms in total. The summed E-state index contributed by atoms with van der Waals surface area (Å²) >= 11 is 0. The average molecular weight is 966 g/mol. The number of aliphatic imine (C=N–C) groups is 1. The SMILES string of the molecule is CCN(CCNC(=O)C(CCCN=C(N)NS(=O)(=O)c1c(C)c(C)c2c(c1C)CC(C)(C)O2)NC(=O)CC(=O)OC(C)(C)C)C(=O)Oc1ccc2c(c1O)C13CCN(C)C(CC2)C1CCC(=O)C3. The molecule has 4 atom stereocenters. The predicted molar refractivity (Wildman–Crippen MR) is 255 cm³/mol. The summed E-state index contributed by atoms with van der Waals surface area (Å²) in [7, 11) is -2.04. The van der Waals surface area contributed by atoms with Crippen molar-refractivity contribution >= 4 is 45.6 Å². The number of Topliss-reactive ketones (excluding diaryl/α,β-unsaturated/α-hetero) is 1. The molecule has 68 heavy (non-hydrogen) atoms. The topological polar surface area (TPSA) is 248 Å². The maximum absolute atomic E-state index is 13.7. The van der Waals surface area contributed by atoms with Crippen LogP contribution >= 0.6 is 0 Å². The zero-order chi connectivity index (χ0) is 50.1. The first kappa shape index (κ1) is 52.0. The van der Waals surface area contributed by atoms with Gasteiger partial charge in [0.25, 0.3) is 10.0 Å². The summed E-state index contributed by atoms with van der Waals surface area (Å²) in [5.74, 6) is -1.55. The molecule has 3 amide bonds. The van der Waals surface area contributed by atoms with Crippen LogP contribution in [0.4, 0.5) is 4.79 Å². The second-order valence-electron chi connectivity index (χ2n) is 20.5. The molecule has 1 saturated heterocycles. The van der Waals surface area contributed by atoms with Gasteiger partial charge in [-0.3, -0.25) is 24.2 Å². The molecular weight excluding hydrogens is 895 g/mol. The van der Waals surface area contributed by atoms with E-state index in [1.165, 1.54) is 4.90 Å². The lowest BCUT2D eigenvalue weighted by atomic mass is 9.56. The van der Waals surface area contributed by atoms with Gasteiger partial charge in [0.15, 0.2) is 11.5 Å². The van der Waals surface area contributed by atoms with Gasteiger partial charge in [0.05, 0.1) is 4.90 Å². The van der Waals surface area contributed by atoms with Crippen LogP contribution in [0.15, 0.2) is 22.0 Å². The lowest BCUT2D eigenvalue weighted by molar-refractivity contribution is -0.156. The van der Waals surface area contributed by atoms with Crippen molar-refractivity contribution in [2.45, 2.75) is 160 Å². The first-order chi connectivity index (χ1) is 31.8. The van der Waals surface area contributed by atoms with Crippen molar-refractivity contribution < 1.29 is 51.7 Å². The summed E-state index contributed by atoms with van der Waals surface area (Å²) in [6.07, 6.45) is 3.31. The number of hydrogen-bond acceptors (Lipinski definition) is 13. The fourth-order valence-corrected chi connectivity index (χ4v) is 12.3. The molecule has 2 aromatic carbocycles. The van der Waals surface area contributed by atoms with Crippen LogP contribution in [0.3, 0.4) is 0 Å². The minimum absolute atomic E-state index is 0.00593. The summed E-state index contributed by atoms with van der Waals surface area (Å²) in [4.78, 5) is 73.8. The Morgan fingerprint density at radius 2 is 1.79 bits per heavy atom. The number of sulfonamides is 1. The van der Waals surface area contributed by atoms with E-state index >= 15 is 0 Å². The van der Waals surface area contributed by atoms with Gasteiger partial charge in [-0.05, 0) is 149 Å². The molecule has 2 aliphatic heterocycles. The maximum Gasteiger partial charge on any atom is 0.415 e. The Bertz CT molecular complexity index is 2470. The summed E-state index contributed by atoms with van der Waals surface area (Å²) in [6.45, 7) is 16.8. The number of piperidine rings is 1. The van der Waals surface area contributed by atoms with Crippen molar-refractivity contribution in [2.75, 3.05) is 39.8 Å². The molecule has 2 heterocycles. The number of likely N-dealkylation sites (tertiary alicyclic amines) is 1. The van der Waals surface area contributed by atoms with Gasteiger partial charge in [-0.15, -0.1) is 0 Å². The Morgan fingerprint density at radius 1 is 1.07 bits per heavy atom. The van der Waals surface area contributed by atoms with Gasteiger partial charge in [-0.25, -0.2) is 17.9 Å². The second-order valence-corrected chi connectivity index (χ2v) is 22.1. The molecule has 374 valence electrons. The van der Waals surface area contributed by atoms with Crippen LogP contribution in [-0.4, -0.2) is 122 Å². The Morgan fingerprint density at radius 3 is 2.49 bits per heavy atom. The number of phenols is 1. The van der Waals surface area contributed by atoms with Gasteiger partial charge in [0, 0.05) is 68.0 Å². The van der Waals surface area contributed by atoms with Crippen molar-refractivity contribution in [2.24, 2.45) is 16.6 Å². The van der Waals surface area contributed by atoms with Crippen molar-refractivity contribution in [1.82, 2.24) is 25.2 Å². The van der Waals surface area contributed by atoms with E-state index in [0.717, 1.165) is 48.1 Å². The Balaban J connectivity index is 1.09. The van der Waals surface area contributed by atoms with Gasteiger partial charge in [-0.1, -0.05) is 6.07 Å². The van der Waals surface area contributed by atoms with Crippen molar-refractivity contribution in [3.05, 3.63) is 45.5 Å². The summed E-state index contributed by atoms with van der Waals surface area (Å²) in [5, 5.41) is 17.2. The summed E-state index contributed by atoms with van der Waals surface area (Å²) in [5.41, 5.74) is 8.57. The van der Waals surface area contributed by atoms with Crippen LogP contribution in [0, 0.1) is 26.7 Å². The lowest BCUT2D eigenvalue weighted by Gasteiger charge is -2.53. The zero-order valence-corrected chi connectivity index (χ0v) is 42.2. The molecule has 0 spiro atoms. The number of ether oxygens (including phenoxy) is 3. The molecule has 2 aromatic rings. The number of esters is 1. The van der Waals surface area contributed by atoms with E-state index in [4.69, 9.17) is 19.9 Å². The van der Waals surface area contributed by atoms with E-state index in [1.807, 2.05) is 26.8 Å². The number of fused-ring (bicyclic) bond motifs is 2. The van der Waals surface area contributed by atoms with Gasteiger partial charge in [-0.2, -0.15) is 0 Å². The highest BCUT2D eigenvalue weighted by Crippen LogP contribution is 2.57. The molecule has 4 aliphatic rings. The molecule has 6 N–H and O–H groups in total. The summed E-state index contributed by atoms with van der Waals surface area (Å²) < 4.78 is 47.0. The number of amides is 3. The van der Waals surface area contributed by atoms with Crippen LogP contribution in [0.1, 0.15) is 126 Å². The predicted octanol–water partition coefficient (Wildman–Crippen LogP) is 4.52. The van der Waals surface area contributed by atoms with Gasteiger partial charge >= 0.3 is 12.1 Å². The standard InChI is InChI=1S/C49H71N7O11S/c1-11-56(46(62)65-37-19-15-31-14-18-36-34-17-16-32(57)26-49(34,20-23-55(36)10)40(31)41(37)60)24-22-51-44(61)35(53-38(58)25-39(59)66-47(5,6)7)13-12-21-52-45(50)54-68(63,64)43-29(3)28(2)42-33(30(43)4)27-48(8,9)67-42/h15,19,34-36,60H,11-14,16-18,20-27H2,1-10H3,(H,51,61)(H,53,58)(H3,50,52,54). The molecule has 19 heteroatoms. The first-order valence-electron chi connectivity index (χ1n) is 23.7. The number of carbonyl (C=O) groups is 5. The number of nitrogens with one attached hydrogen (secondary N) is 3. The Hall–Kier alpha value is -5.43. The van der Waals surface area contributed by atoms with E-state index < -0.39 is 63.0 Å². The van der Waals surface area contributed by atoms with Crippen molar-refractivity contribution in [3.63, 3.8) is 0 Å². The number of rotatable bonds is 15. The van der Waals surface area contributed by atoms with Crippen LogP contribution in [0.5, 0.6) is 17.2 Å². The monoisotopic (exact) mass is 965 g/mol. The second kappa shape index (κ2) is 20.3. The lowest BCUT2D eigenvalue weighted by Crippen LogP contribution is -2.56. The smallest absolute Gasteiger partial charge is 0.415 e. The van der Waals surface area contributed by atoms with Crippen molar-refractivity contribution in [3.8, 4) is 17.2 Å². The quantitative estimate of drug-likeness (QED) is 0.0543. The molecule has 1 saturated carbocycles. The Labute approximate surface area is 400 Å². The highest BCUT2D eigenvalue weighted by atomic mass is 32.2. The van der Waals surface area contributed by atoms with Crippen molar-refractivity contribution in [1.29, 1.82) is 0 Å². The number of likely N-dealkylation sites (N-methyl/N-ethyl adjacent to an activating group) is 1. The number of aryl methyl sites for hydroxylation is 1. The van der Waals surface area contributed by atoms with Gasteiger partial charge in [0.1, 0.15) is 35.2 Å². The van der Waals surface area contributed by atoms with Crippen LogP contribution in [0.2, 0.25) is 0 Å². The molecule has 4 unspecified atom stereocenters. The van der Waals surface area contributed by atoms with E-state index in [0.29, 0.717) is 42.6 Å². The van der Waals surface area contributed by atoms with Crippen LogP contribution < -0.4 is 30.6 Å². The number of phenolic OH excluding ortho intramolecular Hbond substituents is 1. The number of benzene rings is 2.